The monoisotopic (exact) mass is 330 g/mol. The molecule has 0 bridgehead atoms. The van der Waals surface area contributed by atoms with Crippen molar-refractivity contribution in [3.8, 4) is 5.75 Å². The van der Waals surface area contributed by atoms with Crippen molar-refractivity contribution in [2.24, 2.45) is 5.92 Å². The molecule has 1 aromatic carbocycles. The van der Waals surface area contributed by atoms with Crippen LogP contribution in [0.5, 0.6) is 5.75 Å². The zero-order chi connectivity index (χ0) is 17.1. The number of nitrogens with zero attached hydrogens (tertiary/aromatic N) is 2. The summed E-state index contributed by atoms with van der Waals surface area (Å²) in [6.45, 7) is 6.33. The lowest BCUT2D eigenvalue weighted by Gasteiger charge is -2.42. The van der Waals surface area contributed by atoms with Crippen LogP contribution in [0.15, 0.2) is 24.3 Å². The topological polar surface area (TPSA) is 49.9 Å². The fourth-order valence-electron chi connectivity index (χ4n) is 3.45. The molecule has 2 fully saturated rings. The van der Waals surface area contributed by atoms with Crippen molar-refractivity contribution in [1.82, 2.24) is 9.80 Å². The van der Waals surface area contributed by atoms with Gasteiger partial charge >= 0.3 is 0 Å². The van der Waals surface area contributed by atoms with E-state index in [-0.39, 0.29) is 23.8 Å². The molecular weight excluding hydrogens is 304 g/mol. The van der Waals surface area contributed by atoms with Crippen LogP contribution in [-0.2, 0) is 16.0 Å². The van der Waals surface area contributed by atoms with E-state index in [1.54, 1.807) is 11.8 Å². The van der Waals surface area contributed by atoms with Crippen molar-refractivity contribution in [2.75, 3.05) is 26.2 Å². The largest absolute Gasteiger partial charge is 0.487 e. The van der Waals surface area contributed by atoms with Crippen LogP contribution >= 0.6 is 0 Å². The third-order valence-corrected chi connectivity index (χ3v) is 4.99. The Morgan fingerprint density at radius 3 is 2.71 bits per heavy atom. The Hall–Kier alpha value is -2.04. The van der Waals surface area contributed by atoms with Crippen LogP contribution in [0.1, 0.15) is 32.3 Å². The third-order valence-electron chi connectivity index (χ3n) is 4.99. The second-order valence-corrected chi connectivity index (χ2v) is 6.79. The first-order valence-corrected chi connectivity index (χ1v) is 8.86. The molecule has 2 aliphatic rings. The molecule has 0 N–H and O–H groups in total. The van der Waals surface area contributed by atoms with Gasteiger partial charge < -0.3 is 14.5 Å². The van der Waals surface area contributed by atoms with E-state index >= 15 is 0 Å². The molecule has 3 rings (SSSR count). The Morgan fingerprint density at radius 2 is 2.00 bits per heavy atom. The Labute approximate surface area is 143 Å². The Balaban J connectivity index is 1.49. The predicted molar refractivity (Wildman–Crippen MR) is 91.8 cm³/mol. The molecule has 0 saturated carbocycles. The number of hydrogen-bond acceptors (Lipinski definition) is 3. The predicted octanol–water partition coefficient (Wildman–Crippen LogP) is 2.10. The number of benzene rings is 1. The van der Waals surface area contributed by atoms with Crippen molar-refractivity contribution < 1.29 is 14.3 Å². The molecule has 2 aliphatic heterocycles. The van der Waals surface area contributed by atoms with Crippen LogP contribution in [0, 0.1) is 5.92 Å². The average Bonchev–Trinajstić information content (AvgIpc) is 2.57. The number of likely N-dealkylation sites (tertiary alicyclic amines) is 2. The molecule has 0 radical (unpaired) electrons. The summed E-state index contributed by atoms with van der Waals surface area (Å²) in [5.74, 6) is 1.06. The molecular formula is C19H26N2O3. The molecule has 5 nitrogen and oxygen atoms in total. The van der Waals surface area contributed by atoms with E-state index in [0.29, 0.717) is 19.6 Å². The number of carbonyl (C=O) groups excluding carboxylic acids is 2. The standard InChI is InChI=1S/C19H26N2O3/c1-3-15-6-4-8-17(10-15)24-18-12-21(13-18)19(23)16-7-5-9-20(11-16)14(2)22/h4,6,8,10,16,18H,3,5,7,9,11-13H2,1-2H3/t16-/m1/s1. The van der Waals surface area contributed by atoms with Gasteiger partial charge in [0.05, 0.1) is 19.0 Å². The Bertz CT molecular complexity index is 610. The number of carbonyl (C=O) groups is 2. The van der Waals surface area contributed by atoms with Gasteiger partial charge in [0, 0.05) is 20.0 Å². The quantitative estimate of drug-likeness (QED) is 0.849. The molecule has 2 saturated heterocycles. The maximum absolute atomic E-state index is 12.6. The first-order valence-electron chi connectivity index (χ1n) is 8.86. The second-order valence-electron chi connectivity index (χ2n) is 6.79. The molecule has 1 atom stereocenters. The van der Waals surface area contributed by atoms with Crippen LogP contribution in [-0.4, -0.2) is 53.9 Å². The molecule has 5 heteroatoms. The zero-order valence-corrected chi connectivity index (χ0v) is 14.5. The number of ether oxygens (including phenoxy) is 1. The Kier molecular flexibility index (Phi) is 5.07. The van der Waals surface area contributed by atoms with E-state index in [1.165, 1.54) is 5.56 Å². The lowest BCUT2D eigenvalue weighted by molar-refractivity contribution is -0.147. The van der Waals surface area contributed by atoms with Crippen molar-refractivity contribution in [3.63, 3.8) is 0 Å². The molecule has 2 amide bonds. The van der Waals surface area contributed by atoms with Crippen LogP contribution < -0.4 is 4.74 Å². The molecule has 0 spiro atoms. The third kappa shape index (κ3) is 3.71. The van der Waals surface area contributed by atoms with Gasteiger partial charge in [0.25, 0.3) is 0 Å². The molecule has 130 valence electrons. The highest BCUT2D eigenvalue weighted by Crippen LogP contribution is 2.24. The molecule has 0 aromatic heterocycles. The molecule has 0 aliphatic carbocycles. The second kappa shape index (κ2) is 7.24. The zero-order valence-electron chi connectivity index (χ0n) is 14.5. The Morgan fingerprint density at radius 1 is 1.21 bits per heavy atom. The average molecular weight is 330 g/mol. The van der Waals surface area contributed by atoms with Crippen molar-refractivity contribution in [2.45, 2.75) is 39.2 Å². The SMILES string of the molecule is CCc1cccc(OC2CN(C(=O)[C@@H]3CCCN(C(C)=O)C3)C2)c1. The molecule has 24 heavy (non-hydrogen) atoms. The highest BCUT2D eigenvalue weighted by Gasteiger charge is 2.37. The number of rotatable bonds is 4. The van der Waals surface area contributed by atoms with Crippen molar-refractivity contribution in [1.29, 1.82) is 0 Å². The highest BCUT2D eigenvalue weighted by atomic mass is 16.5. The molecule has 0 unspecified atom stereocenters. The number of amides is 2. The van der Waals surface area contributed by atoms with E-state index in [2.05, 4.69) is 19.1 Å². The van der Waals surface area contributed by atoms with Gasteiger partial charge in [-0.2, -0.15) is 0 Å². The van der Waals surface area contributed by atoms with Gasteiger partial charge in [0.2, 0.25) is 11.8 Å². The maximum Gasteiger partial charge on any atom is 0.227 e. The normalized spacial score (nSPS) is 21.3. The van der Waals surface area contributed by atoms with Crippen LogP contribution in [0.4, 0.5) is 0 Å². The smallest absolute Gasteiger partial charge is 0.227 e. The summed E-state index contributed by atoms with van der Waals surface area (Å²) >= 11 is 0. The maximum atomic E-state index is 12.6. The number of aryl methyl sites for hydroxylation is 1. The van der Waals surface area contributed by atoms with Gasteiger partial charge in [-0.3, -0.25) is 9.59 Å². The van der Waals surface area contributed by atoms with Crippen molar-refractivity contribution >= 4 is 11.8 Å². The molecule has 2 heterocycles. The first kappa shape index (κ1) is 16.8. The van der Waals surface area contributed by atoms with Gasteiger partial charge in [-0.25, -0.2) is 0 Å². The van der Waals surface area contributed by atoms with E-state index in [0.717, 1.165) is 31.6 Å². The summed E-state index contributed by atoms with van der Waals surface area (Å²) in [6, 6.07) is 8.13. The first-order chi connectivity index (χ1) is 11.6. The molecule has 1 aromatic rings. The summed E-state index contributed by atoms with van der Waals surface area (Å²) in [4.78, 5) is 27.7. The van der Waals surface area contributed by atoms with E-state index in [9.17, 15) is 9.59 Å². The summed E-state index contributed by atoms with van der Waals surface area (Å²) in [5.41, 5.74) is 1.26. The van der Waals surface area contributed by atoms with Gasteiger partial charge in [-0.05, 0) is 37.0 Å². The van der Waals surface area contributed by atoms with Crippen LogP contribution in [0.2, 0.25) is 0 Å². The summed E-state index contributed by atoms with van der Waals surface area (Å²) in [6.07, 6.45) is 2.85. The van der Waals surface area contributed by atoms with E-state index in [1.807, 2.05) is 17.0 Å². The van der Waals surface area contributed by atoms with E-state index < -0.39 is 0 Å². The fraction of sp³-hybridized carbons (Fsp3) is 0.579. The lowest BCUT2D eigenvalue weighted by atomic mass is 9.95. The minimum absolute atomic E-state index is 0.0491. The minimum Gasteiger partial charge on any atom is -0.487 e. The number of hydrogen-bond donors (Lipinski definition) is 0. The van der Waals surface area contributed by atoms with Gasteiger partial charge in [0.15, 0.2) is 0 Å². The van der Waals surface area contributed by atoms with Crippen LogP contribution in [0.25, 0.3) is 0 Å². The summed E-state index contributed by atoms with van der Waals surface area (Å²) in [5, 5.41) is 0. The van der Waals surface area contributed by atoms with Gasteiger partial charge in [-0.15, -0.1) is 0 Å². The summed E-state index contributed by atoms with van der Waals surface area (Å²) in [7, 11) is 0. The lowest BCUT2D eigenvalue weighted by Crippen LogP contribution is -2.59. The summed E-state index contributed by atoms with van der Waals surface area (Å²) < 4.78 is 5.96. The van der Waals surface area contributed by atoms with E-state index in [4.69, 9.17) is 4.74 Å². The highest BCUT2D eigenvalue weighted by molar-refractivity contribution is 5.81. The number of piperidine rings is 1. The van der Waals surface area contributed by atoms with Crippen LogP contribution in [0.3, 0.4) is 0 Å². The van der Waals surface area contributed by atoms with Crippen molar-refractivity contribution in [3.05, 3.63) is 29.8 Å². The van der Waals surface area contributed by atoms with Gasteiger partial charge in [-0.1, -0.05) is 19.1 Å². The van der Waals surface area contributed by atoms with Gasteiger partial charge in [0.1, 0.15) is 11.9 Å². The minimum atomic E-state index is -0.0491. The fourth-order valence-corrected chi connectivity index (χ4v) is 3.45.